The molecule has 0 saturated heterocycles. The maximum Gasteiger partial charge on any atom is 0.405 e. The zero-order valence-electron chi connectivity index (χ0n) is 16.8. The van der Waals surface area contributed by atoms with Crippen molar-refractivity contribution in [1.29, 1.82) is 0 Å². The highest BCUT2D eigenvalue weighted by molar-refractivity contribution is 5.95. The van der Waals surface area contributed by atoms with Gasteiger partial charge < -0.3 is 10.6 Å². The average molecular weight is 425 g/mol. The minimum absolute atomic E-state index is 0.109. The Kier molecular flexibility index (Phi) is 7.55. The summed E-state index contributed by atoms with van der Waals surface area (Å²) in [4.78, 5) is 25.9. The Morgan fingerprint density at radius 3 is 2.30 bits per heavy atom. The number of likely N-dealkylation sites (N-methyl/N-ethyl adjacent to an activating group) is 1. The Balaban J connectivity index is 1.92. The van der Waals surface area contributed by atoms with E-state index in [1.165, 1.54) is 18.2 Å². The molecule has 2 N–H and O–H groups in total. The van der Waals surface area contributed by atoms with E-state index in [0.29, 0.717) is 17.8 Å². The number of anilines is 1. The second-order valence-corrected chi connectivity index (χ2v) is 7.04. The van der Waals surface area contributed by atoms with Crippen molar-refractivity contribution < 1.29 is 27.2 Å². The molecule has 0 saturated carbocycles. The maximum absolute atomic E-state index is 13.6. The smallest absolute Gasteiger partial charge is 0.343 e. The summed E-state index contributed by atoms with van der Waals surface area (Å²) in [5, 5.41) is 4.47. The molecule has 2 amide bonds. The van der Waals surface area contributed by atoms with Gasteiger partial charge in [0.25, 0.3) is 5.91 Å². The molecule has 0 fully saturated rings. The fraction of sp³-hybridized carbons (Fsp3) is 0.333. The monoisotopic (exact) mass is 425 g/mol. The van der Waals surface area contributed by atoms with E-state index < -0.39 is 30.5 Å². The first kappa shape index (κ1) is 23.3. The molecule has 1 unspecified atom stereocenters. The molecular formula is C21H23F4N3O2. The number of benzene rings is 2. The van der Waals surface area contributed by atoms with Crippen LogP contribution >= 0.6 is 0 Å². The maximum atomic E-state index is 13.6. The minimum atomic E-state index is -4.47. The van der Waals surface area contributed by atoms with Gasteiger partial charge in [0.2, 0.25) is 5.91 Å². The first-order valence-corrected chi connectivity index (χ1v) is 9.17. The Bertz CT molecular complexity index is 898. The van der Waals surface area contributed by atoms with Gasteiger partial charge in [-0.25, -0.2) is 4.39 Å². The SMILES string of the molecule is Cc1ccc(NC(=O)C(C)N(C)Cc2ccc(C(=O)NCC(F)(F)F)cc2)cc1F. The Hall–Kier alpha value is -2.94. The molecule has 0 radical (unpaired) electrons. The number of hydrogen-bond acceptors (Lipinski definition) is 3. The summed E-state index contributed by atoms with van der Waals surface area (Å²) in [5.41, 5.74) is 1.72. The standard InChI is InChI=1S/C21H23F4N3O2/c1-13-4-9-17(10-18(13)22)27-19(29)14(2)28(3)11-15-5-7-16(8-6-15)20(30)26-12-21(23,24)25/h4-10,14H,11-12H2,1-3H3,(H,26,30)(H,27,29). The highest BCUT2D eigenvalue weighted by Crippen LogP contribution is 2.16. The number of nitrogens with zero attached hydrogens (tertiary/aromatic N) is 1. The number of alkyl halides is 3. The highest BCUT2D eigenvalue weighted by atomic mass is 19.4. The lowest BCUT2D eigenvalue weighted by atomic mass is 10.1. The lowest BCUT2D eigenvalue weighted by molar-refractivity contribution is -0.123. The summed E-state index contributed by atoms with van der Waals surface area (Å²) in [6.07, 6.45) is -4.47. The van der Waals surface area contributed by atoms with Crippen molar-refractivity contribution in [1.82, 2.24) is 10.2 Å². The summed E-state index contributed by atoms with van der Waals surface area (Å²) in [6, 6.07) is 9.98. The van der Waals surface area contributed by atoms with Crippen LogP contribution in [0.25, 0.3) is 0 Å². The van der Waals surface area contributed by atoms with Crippen molar-refractivity contribution in [2.45, 2.75) is 32.6 Å². The second kappa shape index (κ2) is 9.71. The normalized spacial score (nSPS) is 12.5. The van der Waals surface area contributed by atoms with Gasteiger partial charge in [0.15, 0.2) is 0 Å². The van der Waals surface area contributed by atoms with Gasteiger partial charge in [-0.1, -0.05) is 18.2 Å². The van der Waals surface area contributed by atoms with Gasteiger partial charge in [-0.2, -0.15) is 13.2 Å². The van der Waals surface area contributed by atoms with Gasteiger partial charge in [-0.15, -0.1) is 0 Å². The topological polar surface area (TPSA) is 61.4 Å². The zero-order valence-corrected chi connectivity index (χ0v) is 16.8. The van der Waals surface area contributed by atoms with Crippen LogP contribution in [0.1, 0.15) is 28.4 Å². The number of carbonyl (C=O) groups is 2. The fourth-order valence-corrected chi connectivity index (χ4v) is 2.59. The molecule has 162 valence electrons. The third-order valence-corrected chi connectivity index (χ3v) is 4.58. The van der Waals surface area contributed by atoms with E-state index in [1.54, 1.807) is 50.1 Å². The van der Waals surface area contributed by atoms with E-state index >= 15 is 0 Å². The van der Waals surface area contributed by atoms with Crippen LogP contribution in [-0.4, -0.2) is 42.5 Å². The summed E-state index contributed by atoms with van der Waals surface area (Å²) in [7, 11) is 1.73. The largest absolute Gasteiger partial charge is 0.405 e. The van der Waals surface area contributed by atoms with Crippen molar-refractivity contribution in [2.24, 2.45) is 0 Å². The van der Waals surface area contributed by atoms with Gasteiger partial charge in [0.1, 0.15) is 12.4 Å². The Labute approximate surface area is 172 Å². The van der Waals surface area contributed by atoms with E-state index in [0.717, 1.165) is 5.56 Å². The molecule has 2 aromatic rings. The van der Waals surface area contributed by atoms with Crippen molar-refractivity contribution in [3.05, 3.63) is 65.0 Å². The molecule has 5 nitrogen and oxygen atoms in total. The molecule has 0 aliphatic carbocycles. The molecule has 0 aromatic heterocycles. The Morgan fingerprint density at radius 1 is 1.10 bits per heavy atom. The molecule has 0 spiro atoms. The van der Waals surface area contributed by atoms with Crippen molar-refractivity contribution >= 4 is 17.5 Å². The molecule has 9 heteroatoms. The molecule has 30 heavy (non-hydrogen) atoms. The lowest BCUT2D eigenvalue weighted by Crippen LogP contribution is -2.39. The lowest BCUT2D eigenvalue weighted by Gasteiger charge is -2.24. The predicted octanol–water partition coefficient (Wildman–Crippen LogP) is 3.89. The van der Waals surface area contributed by atoms with Crippen LogP contribution in [0.4, 0.5) is 23.2 Å². The van der Waals surface area contributed by atoms with Gasteiger partial charge >= 0.3 is 6.18 Å². The summed E-state index contributed by atoms with van der Waals surface area (Å²) < 4.78 is 50.2. The number of hydrogen-bond donors (Lipinski definition) is 2. The third-order valence-electron chi connectivity index (χ3n) is 4.58. The summed E-state index contributed by atoms with van der Waals surface area (Å²) >= 11 is 0. The van der Waals surface area contributed by atoms with E-state index in [9.17, 15) is 27.2 Å². The molecule has 0 aliphatic rings. The second-order valence-electron chi connectivity index (χ2n) is 7.04. The van der Waals surface area contributed by atoms with Crippen LogP contribution in [0.15, 0.2) is 42.5 Å². The van der Waals surface area contributed by atoms with Gasteiger partial charge in [-0.3, -0.25) is 14.5 Å². The molecular weight excluding hydrogens is 402 g/mol. The fourth-order valence-electron chi connectivity index (χ4n) is 2.59. The van der Waals surface area contributed by atoms with Crippen molar-refractivity contribution in [3.63, 3.8) is 0 Å². The van der Waals surface area contributed by atoms with E-state index in [1.807, 2.05) is 5.32 Å². The predicted molar refractivity (Wildman–Crippen MR) is 106 cm³/mol. The number of carbonyl (C=O) groups excluding carboxylic acids is 2. The third kappa shape index (κ3) is 6.84. The summed E-state index contributed by atoms with van der Waals surface area (Å²) in [6.45, 7) is 2.29. The number of aryl methyl sites for hydroxylation is 1. The number of amides is 2. The van der Waals surface area contributed by atoms with Crippen LogP contribution < -0.4 is 10.6 Å². The van der Waals surface area contributed by atoms with E-state index in [-0.39, 0.29) is 11.5 Å². The number of rotatable bonds is 7. The minimum Gasteiger partial charge on any atom is -0.343 e. The summed E-state index contributed by atoms with van der Waals surface area (Å²) in [5.74, 6) is -1.54. The molecule has 2 rings (SSSR count). The quantitative estimate of drug-likeness (QED) is 0.662. The van der Waals surface area contributed by atoms with Crippen LogP contribution in [0, 0.1) is 12.7 Å². The molecule has 0 bridgehead atoms. The van der Waals surface area contributed by atoms with Crippen molar-refractivity contribution in [2.75, 3.05) is 18.9 Å². The van der Waals surface area contributed by atoms with E-state index in [2.05, 4.69) is 5.32 Å². The Morgan fingerprint density at radius 2 is 1.73 bits per heavy atom. The molecule has 2 aromatic carbocycles. The van der Waals surface area contributed by atoms with Crippen LogP contribution in [-0.2, 0) is 11.3 Å². The van der Waals surface area contributed by atoms with Gasteiger partial charge in [0, 0.05) is 17.8 Å². The number of halogens is 4. The molecule has 0 heterocycles. The van der Waals surface area contributed by atoms with Gasteiger partial charge in [0.05, 0.1) is 6.04 Å². The van der Waals surface area contributed by atoms with E-state index in [4.69, 9.17) is 0 Å². The van der Waals surface area contributed by atoms with Crippen LogP contribution in [0.3, 0.4) is 0 Å². The highest BCUT2D eigenvalue weighted by Gasteiger charge is 2.28. The first-order chi connectivity index (χ1) is 14.0. The zero-order chi connectivity index (χ0) is 22.5. The number of nitrogens with one attached hydrogen (secondary N) is 2. The first-order valence-electron chi connectivity index (χ1n) is 9.17. The van der Waals surface area contributed by atoms with Crippen LogP contribution in [0.2, 0.25) is 0 Å². The molecule has 1 atom stereocenters. The van der Waals surface area contributed by atoms with Crippen molar-refractivity contribution in [3.8, 4) is 0 Å². The average Bonchev–Trinajstić information content (AvgIpc) is 2.68. The van der Waals surface area contributed by atoms with Gasteiger partial charge in [-0.05, 0) is 56.3 Å². The molecule has 0 aliphatic heterocycles. The van der Waals surface area contributed by atoms with Crippen LogP contribution in [0.5, 0.6) is 0 Å².